The van der Waals surface area contributed by atoms with E-state index >= 15 is 0 Å². The number of carbonyl (C=O) groups excluding carboxylic acids is 1. The van der Waals surface area contributed by atoms with E-state index in [4.69, 9.17) is 5.73 Å². The summed E-state index contributed by atoms with van der Waals surface area (Å²) in [6.45, 7) is 3.15. The zero-order chi connectivity index (χ0) is 13.5. The van der Waals surface area contributed by atoms with E-state index in [1.54, 1.807) is 16.7 Å². The van der Waals surface area contributed by atoms with Gasteiger partial charge in [0.05, 0.1) is 0 Å². The van der Waals surface area contributed by atoms with Crippen LogP contribution in [-0.4, -0.2) is 30.7 Å². The zero-order valence-corrected chi connectivity index (χ0v) is 12.2. The second kappa shape index (κ2) is 7.44. The molecule has 2 N–H and O–H groups in total. The molecule has 0 aliphatic heterocycles. The highest BCUT2D eigenvalue weighted by Crippen LogP contribution is 2.16. The largest absolute Gasteiger partial charge is 0.341 e. The van der Waals surface area contributed by atoms with Crippen molar-refractivity contribution in [2.24, 2.45) is 11.7 Å². The van der Waals surface area contributed by atoms with E-state index in [1.165, 1.54) is 4.90 Å². The Hall–Kier alpha value is -1.00. The molecule has 0 aliphatic rings. The molecule has 4 heteroatoms. The number of nitrogens with zero attached hydrogens (tertiary/aromatic N) is 1. The minimum absolute atomic E-state index is 0.00507. The second-order valence-electron chi connectivity index (χ2n) is 4.52. The first kappa shape index (κ1) is 15.1. The Labute approximate surface area is 114 Å². The maximum Gasteiger partial charge on any atom is 0.225 e. The van der Waals surface area contributed by atoms with Crippen molar-refractivity contribution in [1.82, 2.24) is 4.90 Å². The Morgan fingerprint density at radius 3 is 2.50 bits per heavy atom. The van der Waals surface area contributed by atoms with E-state index in [9.17, 15) is 4.79 Å². The van der Waals surface area contributed by atoms with Crippen LogP contribution < -0.4 is 5.73 Å². The van der Waals surface area contributed by atoms with Crippen molar-refractivity contribution in [3.05, 3.63) is 29.8 Å². The molecule has 1 atom stereocenters. The van der Waals surface area contributed by atoms with E-state index in [0.29, 0.717) is 13.1 Å². The van der Waals surface area contributed by atoms with Crippen molar-refractivity contribution in [3.8, 4) is 0 Å². The van der Waals surface area contributed by atoms with E-state index in [2.05, 4.69) is 30.5 Å². The molecule has 3 nitrogen and oxygen atoms in total. The molecule has 0 radical (unpaired) electrons. The van der Waals surface area contributed by atoms with Gasteiger partial charge in [-0.1, -0.05) is 19.1 Å². The predicted octanol–water partition coefficient (Wildman–Crippen LogP) is 2.35. The van der Waals surface area contributed by atoms with Crippen LogP contribution in [-0.2, 0) is 11.3 Å². The van der Waals surface area contributed by atoms with E-state index < -0.39 is 0 Å². The molecule has 1 aromatic carbocycles. The topological polar surface area (TPSA) is 46.3 Å². The molecule has 0 fully saturated rings. The van der Waals surface area contributed by atoms with Gasteiger partial charge in [-0.15, -0.1) is 11.8 Å². The Morgan fingerprint density at radius 2 is 2.00 bits per heavy atom. The Bertz CT molecular complexity index is 378. The molecule has 100 valence electrons. The molecule has 1 unspecified atom stereocenters. The molecule has 1 aromatic rings. The highest BCUT2D eigenvalue weighted by atomic mass is 32.2. The van der Waals surface area contributed by atoms with Crippen molar-refractivity contribution in [2.75, 3.05) is 19.8 Å². The number of rotatable bonds is 6. The van der Waals surface area contributed by atoms with Crippen LogP contribution >= 0.6 is 11.8 Å². The van der Waals surface area contributed by atoms with Gasteiger partial charge in [0.1, 0.15) is 0 Å². The summed E-state index contributed by atoms with van der Waals surface area (Å²) in [7, 11) is 1.85. The number of hydrogen-bond acceptors (Lipinski definition) is 3. The summed E-state index contributed by atoms with van der Waals surface area (Å²) in [5.41, 5.74) is 6.63. The Balaban J connectivity index is 2.57. The molecular formula is C14H22N2OS. The zero-order valence-electron chi connectivity index (χ0n) is 11.3. The lowest BCUT2D eigenvalue weighted by atomic mass is 10.1. The monoisotopic (exact) mass is 266 g/mol. The minimum atomic E-state index is 0.00507. The van der Waals surface area contributed by atoms with Crippen LogP contribution in [0.2, 0.25) is 0 Å². The molecule has 1 rings (SSSR count). The van der Waals surface area contributed by atoms with Gasteiger partial charge in [-0.2, -0.15) is 0 Å². The number of benzene rings is 1. The normalized spacial score (nSPS) is 12.2. The number of nitrogens with two attached hydrogens (primary N) is 1. The van der Waals surface area contributed by atoms with Gasteiger partial charge in [0.2, 0.25) is 5.91 Å². The van der Waals surface area contributed by atoms with Gasteiger partial charge in [0.25, 0.3) is 0 Å². The van der Waals surface area contributed by atoms with Crippen molar-refractivity contribution < 1.29 is 4.79 Å². The average Bonchev–Trinajstić information content (AvgIpc) is 2.39. The third-order valence-electron chi connectivity index (χ3n) is 2.98. The third kappa shape index (κ3) is 4.35. The molecule has 0 saturated heterocycles. The molecule has 1 amide bonds. The van der Waals surface area contributed by atoms with Gasteiger partial charge >= 0.3 is 0 Å². The summed E-state index contributed by atoms with van der Waals surface area (Å²) in [5.74, 6) is 0.167. The lowest BCUT2D eigenvalue weighted by molar-refractivity contribution is -0.134. The molecule has 0 bridgehead atoms. The number of thioether (sulfide) groups is 1. The van der Waals surface area contributed by atoms with Gasteiger partial charge in [-0.05, 0) is 36.9 Å². The summed E-state index contributed by atoms with van der Waals surface area (Å²) in [5, 5.41) is 0. The van der Waals surface area contributed by atoms with Crippen LogP contribution in [0.25, 0.3) is 0 Å². The summed E-state index contributed by atoms with van der Waals surface area (Å²) >= 11 is 1.72. The fourth-order valence-electron chi connectivity index (χ4n) is 1.83. The average molecular weight is 266 g/mol. The van der Waals surface area contributed by atoms with Gasteiger partial charge in [-0.25, -0.2) is 0 Å². The fraction of sp³-hybridized carbons (Fsp3) is 0.500. The Kier molecular flexibility index (Phi) is 6.22. The number of hydrogen-bond donors (Lipinski definition) is 1. The van der Waals surface area contributed by atoms with Crippen molar-refractivity contribution in [1.29, 1.82) is 0 Å². The lowest BCUT2D eigenvalue weighted by Crippen LogP contribution is -2.32. The molecule has 0 heterocycles. The molecule has 0 saturated carbocycles. The molecule has 0 aliphatic carbocycles. The van der Waals surface area contributed by atoms with Crippen molar-refractivity contribution >= 4 is 17.7 Å². The van der Waals surface area contributed by atoms with Crippen LogP contribution in [0.1, 0.15) is 18.9 Å². The van der Waals surface area contributed by atoms with Gasteiger partial charge < -0.3 is 10.6 Å². The Morgan fingerprint density at radius 1 is 1.39 bits per heavy atom. The lowest BCUT2D eigenvalue weighted by Gasteiger charge is -2.21. The van der Waals surface area contributed by atoms with E-state index in [0.717, 1.165) is 12.0 Å². The van der Waals surface area contributed by atoms with Crippen LogP contribution in [0, 0.1) is 5.92 Å². The fourth-order valence-corrected chi connectivity index (χ4v) is 2.24. The quantitative estimate of drug-likeness (QED) is 0.804. The first-order chi connectivity index (χ1) is 8.58. The standard InChI is InChI=1S/C14H22N2OS/c1-11(8-9-15)14(17)16(2)10-12-4-6-13(18-3)7-5-12/h4-7,11H,8-10,15H2,1-3H3. The second-order valence-corrected chi connectivity index (χ2v) is 5.40. The van der Waals surface area contributed by atoms with Crippen LogP contribution in [0.15, 0.2) is 29.2 Å². The molecule has 0 aromatic heterocycles. The molecule has 18 heavy (non-hydrogen) atoms. The predicted molar refractivity (Wildman–Crippen MR) is 77.5 cm³/mol. The summed E-state index contributed by atoms with van der Waals surface area (Å²) < 4.78 is 0. The first-order valence-corrected chi connectivity index (χ1v) is 7.39. The van der Waals surface area contributed by atoms with Gasteiger partial charge in [0.15, 0.2) is 0 Å². The highest BCUT2D eigenvalue weighted by Gasteiger charge is 2.16. The third-order valence-corrected chi connectivity index (χ3v) is 3.72. The van der Waals surface area contributed by atoms with Gasteiger partial charge in [-0.3, -0.25) is 4.79 Å². The maximum atomic E-state index is 12.0. The maximum absolute atomic E-state index is 12.0. The van der Waals surface area contributed by atoms with Crippen molar-refractivity contribution in [2.45, 2.75) is 24.8 Å². The van der Waals surface area contributed by atoms with E-state index in [-0.39, 0.29) is 11.8 Å². The molecular weight excluding hydrogens is 244 g/mol. The SMILES string of the molecule is CSc1ccc(CN(C)C(=O)C(C)CCN)cc1. The summed E-state index contributed by atoms with van der Waals surface area (Å²) in [4.78, 5) is 15.0. The number of amides is 1. The van der Waals surface area contributed by atoms with Gasteiger partial charge in [0, 0.05) is 24.4 Å². The first-order valence-electron chi connectivity index (χ1n) is 6.16. The van der Waals surface area contributed by atoms with Crippen LogP contribution in [0.4, 0.5) is 0 Å². The van der Waals surface area contributed by atoms with Crippen LogP contribution in [0.5, 0.6) is 0 Å². The summed E-state index contributed by atoms with van der Waals surface area (Å²) in [6, 6.07) is 8.32. The molecule has 0 spiro atoms. The van der Waals surface area contributed by atoms with E-state index in [1.807, 2.05) is 14.0 Å². The minimum Gasteiger partial charge on any atom is -0.341 e. The number of carbonyl (C=O) groups is 1. The summed E-state index contributed by atoms with van der Waals surface area (Å²) in [6.07, 6.45) is 2.80. The van der Waals surface area contributed by atoms with Crippen molar-refractivity contribution in [3.63, 3.8) is 0 Å². The highest BCUT2D eigenvalue weighted by molar-refractivity contribution is 7.98. The van der Waals surface area contributed by atoms with Crippen LogP contribution in [0.3, 0.4) is 0 Å². The smallest absolute Gasteiger partial charge is 0.225 e.